The quantitative estimate of drug-likeness (QED) is 0.682. The van der Waals surface area contributed by atoms with Crippen molar-refractivity contribution < 1.29 is 14.3 Å². The number of ether oxygens (including phenoxy) is 2. The lowest BCUT2D eigenvalue weighted by Gasteiger charge is -2.26. The van der Waals surface area contributed by atoms with Crippen molar-refractivity contribution in [2.24, 2.45) is 17.8 Å². The average Bonchev–Trinajstić information content (AvgIpc) is 2.82. The molecule has 0 bridgehead atoms. The van der Waals surface area contributed by atoms with Crippen LogP contribution in [0.4, 0.5) is 0 Å². The first-order valence-electron chi connectivity index (χ1n) is 6.79. The largest absolute Gasteiger partial charge is 0.381 e. The summed E-state index contributed by atoms with van der Waals surface area (Å²) in [7, 11) is 0. The van der Waals surface area contributed by atoms with Gasteiger partial charge in [-0.3, -0.25) is 4.79 Å². The molecule has 2 atom stereocenters. The third kappa shape index (κ3) is 2.33. The van der Waals surface area contributed by atoms with E-state index in [2.05, 4.69) is 4.90 Å². The van der Waals surface area contributed by atoms with Crippen molar-refractivity contribution in [1.82, 2.24) is 4.90 Å². The van der Waals surface area contributed by atoms with Crippen LogP contribution in [-0.4, -0.2) is 50.3 Å². The van der Waals surface area contributed by atoms with Crippen LogP contribution in [0.5, 0.6) is 0 Å². The highest BCUT2D eigenvalue weighted by atomic mass is 16.5. The molecule has 3 heterocycles. The van der Waals surface area contributed by atoms with Gasteiger partial charge < -0.3 is 14.4 Å². The van der Waals surface area contributed by atoms with Gasteiger partial charge in [-0.25, -0.2) is 0 Å². The molecule has 3 fully saturated rings. The van der Waals surface area contributed by atoms with Crippen molar-refractivity contribution in [1.29, 1.82) is 0 Å². The van der Waals surface area contributed by atoms with Gasteiger partial charge in [0.05, 0.1) is 6.61 Å². The third-order valence-corrected chi connectivity index (χ3v) is 4.42. The molecule has 3 saturated heterocycles. The summed E-state index contributed by atoms with van der Waals surface area (Å²) in [5.74, 6) is 1.85. The Labute approximate surface area is 102 Å². The van der Waals surface area contributed by atoms with Crippen LogP contribution in [0, 0.1) is 17.8 Å². The first-order chi connectivity index (χ1) is 8.34. The maximum absolute atomic E-state index is 12.4. The van der Waals surface area contributed by atoms with Crippen LogP contribution < -0.4 is 0 Å². The molecule has 0 aromatic carbocycles. The van der Waals surface area contributed by atoms with E-state index in [1.165, 1.54) is 0 Å². The number of hydrogen-bond donors (Lipinski definition) is 0. The van der Waals surface area contributed by atoms with Crippen LogP contribution in [0.3, 0.4) is 0 Å². The second-order valence-corrected chi connectivity index (χ2v) is 5.51. The fourth-order valence-corrected chi connectivity index (χ4v) is 3.31. The van der Waals surface area contributed by atoms with E-state index in [0.717, 1.165) is 58.8 Å². The molecule has 4 nitrogen and oxygen atoms in total. The van der Waals surface area contributed by atoms with Gasteiger partial charge in [-0.05, 0) is 25.2 Å². The van der Waals surface area contributed by atoms with E-state index in [4.69, 9.17) is 9.47 Å². The summed E-state index contributed by atoms with van der Waals surface area (Å²) < 4.78 is 10.8. The van der Waals surface area contributed by atoms with Gasteiger partial charge in [0.25, 0.3) is 0 Å². The molecule has 0 aromatic heterocycles. The molecule has 0 saturated carbocycles. The van der Waals surface area contributed by atoms with Crippen LogP contribution in [0.2, 0.25) is 0 Å². The minimum absolute atomic E-state index is 0.213. The van der Waals surface area contributed by atoms with Crippen LogP contribution >= 0.6 is 0 Å². The molecule has 1 amide bonds. The molecule has 96 valence electrons. The number of hydrogen-bond acceptors (Lipinski definition) is 3. The maximum Gasteiger partial charge on any atom is 0.225 e. The number of nitrogens with zero attached hydrogens (tertiary/aromatic N) is 1. The summed E-state index contributed by atoms with van der Waals surface area (Å²) in [5.41, 5.74) is 0. The zero-order valence-electron chi connectivity index (χ0n) is 10.3. The molecule has 2 unspecified atom stereocenters. The Morgan fingerprint density at radius 3 is 2.41 bits per heavy atom. The van der Waals surface area contributed by atoms with Crippen LogP contribution in [0.1, 0.15) is 19.3 Å². The molecule has 0 spiro atoms. The zero-order valence-corrected chi connectivity index (χ0v) is 10.3. The molecule has 3 rings (SSSR count). The Bertz CT molecular complexity index is 274. The van der Waals surface area contributed by atoms with E-state index in [-0.39, 0.29) is 5.92 Å². The van der Waals surface area contributed by atoms with Crippen molar-refractivity contribution in [2.45, 2.75) is 19.3 Å². The minimum Gasteiger partial charge on any atom is -0.381 e. The number of fused-ring (bicyclic) bond motifs is 1. The first-order valence-corrected chi connectivity index (χ1v) is 6.79. The lowest BCUT2D eigenvalue weighted by Crippen LogP contribution is -2.37. The number of rotatable bonds is 1. The SMILES string of the molecule is O=C(C1CCOCC1)N1CC2CCOCC2C1. The molecular weight excluding hydrogens is 218 g/mol. The summed E-state index contributed by atoms with van der Waals surface area (Å²) in [6, 6.07) is 0. The van der Waals surface area contributed by atoms with E-state index in [1.54, 1.807) is 0 Å². The average molecular weight is 239 g/mol. The Hall–Kier alpha value is -0.610. The lowest BCUT2D eigenvalue weighted by atomic mass is 9.92. The summed E-state index contributed by atoms with van der Waals surface area (Å²) in [6.45, 7) is 5.11. The summed E-state index contributed by atoms with van der Waals surface area (Å²) in [5, 5.41) is 0. The molecule has 0 N–H and O–H groups in total. The molecule has 0 radical (unpaired) electrons. The lowest BCUT2D eigenvalue weighted by molar-refractivity contribution is -0.137. The third-order valence-electron chi connectivity index (χ3n) is 4.42. The maximum atomic E-state index is 12.4. The van der Waals surface area contributed by atoms with Crippen molar-refractivity contribution in [2.75, 3.05) is 39.5 Å². The monoisotopic (exact) mass is 239 g/mol. The van der Waals surface area contributed by atoms with Crippen LogP contribution in [0.25, 0.3) is 0 Å². The Balaban J connectivity index is 1.59. The fraction of sp³-hybridized carbons (Fsp3) is 0.923. The molecule has 17 heavy (non-hydrogen) atoms. The minimum atomic E-state index is 0.213. The van der Waals surface area contributed by atoms with Crippen molar-refractivity contribution in [3.05, 3.63) is 0 Å². The zero-order chi connectivity index (χ0) is 11.7. The Morgan fingerprint density at radius 1 is 0.941 bits per heavy atom. The summed E-state index contributed by atoms with van der Waals surface area (Å²) in [6.07, 6.45) is 2.94. The smallest absolute Gasteiger partial charge is 0.225 e. The van der Waals surface area contributed by atoms with E-state index < -0.39 is 0 Å². The Kier molecular flexibility index (Phi) is 3.34. The predicted octanol–water partition coefficient (Wildman–Crippen LogP) is 0.908. The van der Waals surface area contributed by atoms with Gasteiger partial charge >= 0.3 is 0 Å². The molecule has 4 heteroatoms. The first kappa shape index (κ1) is 11.5. The molecule has 0 aliphatic carbocycles. The molecular formula is C13H21NO3. The van der Waals surface area contributed by atoms with E-state index in [0.29, 0.717) is 17.7 Å². The van der Waals surface area contributed by atoms with Crippen molar-refractivity contribution in [3.8, 4) is 0 Å². The van der Waals surface area contributed by atoms with Crippen LogP contribution in [-0.2, 0) is 14.3 Å². The highest BCUT2D eigenvalue weighted by Crippen LogP contribution is 2.31. The molecule has 3 aliphatic rings. The molecule has 0 aromatic rings. The highest BCUT2D eigenvalue weighted by Gasteiger charge is 2.39. The van der Waals surface area contributed by atoms with Crippen molar-refractivity contribution >= 4 is 5.91 Å². The normalized spacial score (nSPS) is 34.7. The van der Waals surface area contributed by atoms with E-state index >= 15 is 0 Å². The van der Waals surface area contributed by atoms with E-state index in [9.17, 15) is 4.79 Å². The van der Waals surface area contributed by atoms with Gasteiger partial charge in [-0.15, -0.1) is 0 Å². The van der Waals surface area contributed by atoms with Gasteiger partial charge in [-0.2, -0.15) is 0 Å². The number of likely N-dealkylation sites (tertiary alicyclic amines) is 1. The standard InChI is InChI=1S/C13H21NO3/c15-13(10-1-4-16-5-2-10)14-7-11-3-6-17-9-12(11)8-14/h10-12H,1-9H2. The van der Waals surface area contributed by atoms with Gasteiger partial charge in [-0.1, -0.05) is 0 Å². The highest BCUT2D eigenvalue weighted by molar-refractivity contribution is 5.79. The van der Waals surface area contributed by atoms with Gasteiger partial charge in [0.2, 0.25) is 5.91 Å². The predicted molar refractivity (Wildman–Crippen MR) is 62.5 cm³/mol. The number of carbonyl (C=O) groups excluding carboxylic acids is 1. The van der Waals surface area contributed by atoms with Gasteiger partial charge in [0.1, 0.15) is 0 Å². The number of carbonyl (C=O) groups is 1. The van der Waals surface area contributed by atoms with E-state index in [1.807, 2.05) is 0 Å². The van der Waals surface area contributed by atoms with Crippen LogP contribution in [0.15, 0.2) is 0 Å². The Morgan fingerprint density at radius 2 is 1.65 bits per heavy atom. The second kappa shape index (κ2) is 4.94. The number of amides is 1. The van der Waals surface area contributed by atoms with Crippen molar-refractivity contribution in [3.63, 3.8) is 0 Å². The summed E-state index contributed by atoms with van der Waals surface area (Å²) in [4.78, 5) is 14.5. The molecule has 3 aliphatic heterocycles. The summed E-state index contributed by atoms with van der Waals surface area (Å²) >= 11 is 0. The second-order valence-electron chi connectivity index (χ2n) is 5.51. The van der Waals surface area contributed by atoms with Gasteiger partial charge in [0.15, 0.2) is 0 Å². The fourth-order valence-electron chi connectivity index (χ4n) is 3.31. The topological polar surface area (TPSA) is 38.8 Å². The van der Waals surface area contributed by atoms with Gasteiger partial charge in [0, 0.05) is 44.7 Å².